The molecule has 88 valence electrons. The maximum atomic E-state index is 3.41. The minimum atomic E-state index is 0.638. The second-order valence-corrected chi connectivity index (χ2v) is 4.71. The Balaban J connectivity index is 1.91. The lowest BCUT2D eigenvalue weighted by molar-refractivity contribution is 0.246. The topological polar surface area (TPSA) is 15.3 Å². The molecule has 0 saturated carbocycles. The van der Waals surface area contributed by atoms with Gasteiger partial charge >= 0.3 is 0 Å². The van der Waals surface area contributed by atoms with Gasteiger partial charge in [-0.1, -0.05) is 37.6 Å². The minimum absolute atomic E-state index is 0.638. The predicted molar refractivity (Wildman–Crippen MR) is 68.3 cm³/mol. The molecule has 2 nitrogen and oxygen atoms in total. The van der Waals surface area contributed by atoms with E-state index in [9.17, 15) is 0 Å². The molecule has 0 bridgehead atoms. The zero-order valence-electron chi connectivity index (χ0n) is 10.4. The molecule has 1 aromatic carbocycles. The SMILES string of the molecule is CCCC(CN1Cc2ccccc2C1)NC. The summed E-state index contributed by atoms with van der Waals surface area (Å²) in [4.78, 5) is 2.54. The van der Waals surface area contributed by atoms with Crippen molar-refractivity contribution in [3.8, 4) is 0 Å². The fourth-order valence-corrected chi connectivity index (χ4v) is 2.52. The van der Waals surface area contributed by atoms with Crippen LogP contribution in [0.4, 0.5) is 0 Å². The van der Waals surface area contributed by atoms with Crippen LogP contribution in [-0.4, -0.2) is 24.5 Å². The van der Waals surface area contributed by atoms with E-state index >= 15 is 0 Å². The van der Waals surface area contributed by atoms with Crippen molar-refractivity contribution in [1.82, 2.24) is 10.2 Å². The van der Waals surface area contributed by atoms with Gasteiger partial charge in [-0.05, 0) is 24.6 Å². The van der Waals surface area contributed by atoms with Crippen LogP contribution in [-0.2, 0) is 13.1 Å². The Morgan fingerprint density at radius 3 is 2.38 bits per heavy atom. The quantitative estimate of drug-likeness (QED) is 0.816. The Hall–Kier alpha value is -0.860. The van der Waals surface area contributed by atoms with Gasteiger partial charge in [-0.15, -0.1) is 0 Å². The van der Waals surface area contributed by atoms with Crippen molar-refractivity contribution in [2.75, 3.05) is 13.6 Å². The van der Waals surface area contributed by atoms with Crippen molar-refractivity contribution in [2.24, 2.45) is 0 Å². The first-order valence-corrected chi connectivity index (χ1v) is 6.30. The summed E-state index contributed by atoms with van der Waals surface area (Å²) in [6.45, 7) is 5.66. The van der Waals surface area contributed by atoms with Gasteiger partial charge in [0.05, 0.1) is 0 Å². The summed E-state index contributed by atoms with van der Waals surface area (Å²) in [7, 11) is 2.07. The first kappa shape index (κ1) is 11.6. The summed E-state index contributed by atoms with van der Waals surface area (Å²) < 4.78 is 0. The molecule has 1 aromatic rings. The van der Waals surface area contributed by atoms with Crippen LogP contribution in [0.1, 0.15) is 30.9 Å². The fraction of sp³-hybridized carbons (Fsp3) is 0.571. The number of nitrogens with one attached hydrogen (secondary N) is 1. The summed E-state index contributed by atoms with van der Waals surface area (Å²) in [5, 5.41) is 3.41. The average molecular weight is 218 g/mol. The van der Waals surface area contributed by atoms with E-state index in [0.717, 1.165) is 13.1 Å². The molecule has 1 unspecified atom stereocenters. The van der Waals surface area contributed by atoms with Crippen LogP contribution < -0.4 is 5.32 Å². The van der Waals surface area contributed by atoms with Gasteiger partial charge in [-0.3, -0.25) is 4.90 Å². The fourth-order valence-electron chi connectivity index (χ4n) is 2.52. The van der Waals surface area contributed by atoms with Gasteiger partial charge in [0.2, 0.25) is 0 Å². The van der Waals surface area contributed by atoms with Gasteiger partial charge < -0.3 is 5.32 Å². The molecule has 0 amide bonds. The molecule has 1 aliphatic heterocycles. The molecule has 2 heteroatoms. The number of hydrogen-bond donors (Lipinski definition) is 1. The Kier molecular flexibility index (Phi) is 3.97. The van der Waals surface area contributed by atoms with E-state index in [-0.39, 0.29) is 0 Å². The monoisotopic (exact) mass is 218 g/mol. The number of rotatable bonds is 5. The molecule has 0 spiro atoms. The lowest BCUT2D eigenvalue weighted by Gasteiger charge is -2.22. The Labute approximate surface area is 98.7 Å². The predicted octanol–water partition coefficient (Wildman–Crippen LogP) is 2.39. The lowest BCUT2D eigenvalue weighted by atomic mass is 10.1. The molecule has 1 aliphatic rings. The number of nitrogens with zero attached hydrogens (tertiary/aromatic N) is 1. The highest BCUT2D eigenvalue weighted by atomic mass is 15.2. The number of hydrogen-bond acceptors (Lipinski definition) is 2. The number of likely N-dealkylation sites (N-methyl/N-ethyl adjacent to an activating group) is 1. The second kappa shape index (κ2) is 5.46. The van der Waals surface area contributed by atoms with Crippen LogP contribution in [0.2, 0.25) is 0 Å². The zero-order chi connectivity index (χ0) is 11.4. The third-order valence-electron chi connectivity index (χ3n) is 3.43. The summed E-state index contributed by atoms with van der Waals surface area (Å²) in [5.41, 5.74) is 3.02. The van der Waals surface area contributed by atoms with Crippen molar-refractivity contribution in [3.05, 3.63) is 35.4 Å². The van der Waals surface area contributed by atoms with E-state index in [0.29, 0.717) is 6.04 Å². The molecule has 0 aliphatic carbocycles. The van der Waals surface area contributed by atoms with Crippen molar-refractivity contribution < 1.29 is 0 Å². The normalized spacial score (nSPS) is 17.4. The van der Waals surface area contributed by atoms with Crippen LogP contribution in [0.3, 0.4) is 0 Å². The molecular weight excluding hydrogens is 196 g/mol. The molecule has 1 heterocycles. The van der Waals surface area contributed by atoms with E-state index in [4.69, 9.17) is 0 Å². The highest BCUT2D eigenvalue weighted by Crippen LogP contribution is 2.22. The maximum absolute atomic E-state index is 3.41. The van der Waals surface area contributed by atoms with Gasteiger partial charge in [0, 0.05) is 25.7 Å². The largest absolute Gasteiger partial charge is 0.316 e. The van der Waals surface area contributed by atoms with E-state index < -0.39 is 0 Å². The van der Waals surface area contributed by atoms with Crippen LogP contribution in [0.25, 0.3) is 0 Å². The van der Waals surface area contributed by atoms with Gasteiger partial charge in [-0.2, -0.15) is 0 Å². The zero-order valence-corrected chi connectivity index (χ0v) is 10.4. The summed E-state index contributed by atoms with van der Waals surface area (Å²) in [6.07, 6.45) is 2.52. The lowest BCUT2D eigenvalue weighted by Crippen LogP contribution is -2.37. The third-order valence-corrected chi connectivity index (χ3v) is 3.43. The highest BCUT2D eigenvalue weighted by Gasteiger charge is 2.20. The highest BCUT2D eigenvalue weighted by molar-refractivity contribution is 5.30. The van der Waals surface area contributed by atoms with E-state index in [1.807, 2.05) is 0 Å². The summed E-state index contributed by atoms with van der Waals surface area (Å²) in [5.74, 6) is 0. The van der Waals surface area contributed by atoms with Crippen LogP contribution in [0, 0.1) is 0 Å². The first-order valence-electron chi connectivity index (χ1n) is 6.30. The molecule has 0 radical (unpaired) electrons. The van der Waals surface area contributed by atoms with Crippen LogP contribution >= 0.6 is 0 Å². The molecule has 1 N–H and O–H groups in total. The summed E-state index contributed by atoms with van der Waals surface area (Å²) >= 11 is 0. The molecule has 0 fully saturated rings. The van der Waals surface area contributed by atoms with E-state index in [2.05, 4.69) is 48.5 Å². The van der Waals surface area contributed by atoms with Crippen molar-refractivity contribution in [3.63, 3.8) is 0 Å². The van der Waals surface area contributed by atoms with Gasteiger partial charge in [-0.25, -0.2) is 0 Å². The Morgan fingerprint density at radius 1 is 1.25 bits per heavy atom. The van der Waals surface area contributed by atoms with Gasteiger partial charge in [0.1, 0.15) is 0 Å². The van der Waals surface area contributed by atoms with Crippen LogP contribution in [0.5, 0.6) is 0 Å². The molecular formula is C14H22N2. The van der Waals surface area contributed by atoms with E-state index in [1.54, 1.807) is 0 Å². The minimum Gasteiger partial charge on any atom is -0.316 e. The van der Waals surface area contributed by atoms with Crippen molar-refractivity contribution in [1.29, 1.82) is 0 Å². The summed E-state index contributed by atoms with van der Waals surface area (Å²) in [6, 6.07) is 9.43. The molecule has 2 rings (SSSR count). The average Bonchev–Trinajstić information content (AvgIpc) is 2.70. The molecule has 1 atom stereocenters. The smallest absolute Gasteiger partial charge is 0.0241 e. The molecule has 0 saturated heterocycles. The first-order chi connectivity index (χ1) is 7.83. The third kappa shape index (κ3) is 2.63. The number of benzene rings is 1. The van der Waals surface area contributed by atoms with Crippen LogP contribution in [0.15, 0.2) is 24.3 Å². The van der Waals surface area contributed by atoms with E-state index in [1.165, 1.54) is 30.5 Å². The maximum Gasteiger partial charge on any atom is 0.0241 e. The molecule has 0 aromatic heterocycles. The standard InChI is InChI=1S/C14H22N2/c1-3-6-14(15-2)11-16-9-12-7-4-5-8-13(12)10-16/h4-5,7-8,14-15H,3,6,9-11H2,1-2H3. The Morgan fingerprint density at radius 2 is 1.88 bits per heavy atom. The van der Waals surface area contributed by atoms with Gasteiger partial charge in [0.25, 0.3) is 0 Å². The second-order valence-electron chi connectivity index (χ2n) is 4.71. The molecule has 16 heavy (non-hydrogen) atoms. The Bertz CT molecular complexity index is 310. The van der Waals surface area contributed by atoms with Crippen molar-refractivity contribution in [2.45, 2.75) is 38.9 Å². The number of fused-ring (bicyclic) bond motifs is 1. The van der Waals surface area contributed by atoms with Gasteiger partial charge in [0.15, 0.2) is 0 Å². The van der Waals surface area contributed by atoms with Crippen molar-refractivity contribution >= 4 is 0 Å².